The van der Waals surface area contributed by atoms with Crippen LogP contribution < -0.4 is 5.73 Å². The van der Waals surface area contributed by atoms with Gasteiger partial charge in [-0.1, -0.05) is 0 Å². The van der Waals surface area contributed by atoms with Crippen molar-refractivity contribution in [2.45, 2.75) is 5.03 Å². The Kier molecular flexibility index (Phi) is 2.47. The minimum Gasteiger partial charge on any atom is -0.346 e. The number of hydrogen-bond donors (Lipinski definition) is 2. The van der Waals surface area contributed by atoms with E-state index in [0.717, 1.165) is 21.8 Å². The van der Waals surface area contributed by atoms with Crippen molar-refractivity contribution in [2.24, 2.45) is 5.73 Å². The van der Waals surface area contributed by atoms with Gasteiger partial charge in [-0.3, -0.25) is 0 Å². The third-order valence-electron chi connectivity index (χ3n) is 1.67. The topological polar surface area (TPSA) is 67.6 Å². The fraction of sp³-hybridized carbons (Fsp3) is 0.250. The fourth-order valence-electron chi connectivity index (χ4n) is 1.12. The minimum atomic E-state index is 0.667. The summed E-state index contributed by atoms with van der Waals surface area (Å²) in [7, 11) is 0. The van der Waals surface area contributed by atoms with Crippen LogP contribution in [-0.4, -0.2) is 27.2 Å². The van der Waals surface area contributed by atoms with Gasteiger partial charge in [0.2, 0.25) is 0 Å². The second-order valence-electron chi connectivity index (χ2n) is 2.56. The zero-order chi connectivity index (χ0) is 9.10. The van der Waals surface area contributed by atoms with Gasteiger partial charge in [0.25, 0.3) is 0 Å². The highest BCUT2D eigenvalue weighted by molar-refractivity contribution is 7.99. The van der Waals surface area contributed by atoms with Crippen LogP contribution in [0.1, 0.15) is 0 Å². The maximum Gasteiger partial charge on any atom is 0.141 e. The summed E-state index contributed by atoms with van der Waals surface area (Å²) >= 11 is 1.66. The van der Waals surface area contributed by atoms with Gasteiger partial charge in [-0.25, -0.2) is 9.97 Å². The SMILES string of the molecule is NCCSc1ncnc2[nH]ccc12. The molecule has 0 unspecified atom stereocenters. The monoisotopic (exact) mass is 194 g/mol. The van der Waals surface area contributed by atoms with Crippen molar-refractivity contribution in [1.29, 1.82) is 0 Å². The zero-order valence-electron chi connectivity index (χ0n) is 7.03. The molecule has 0 aromatic carbocycles. The molecular formula is C8H10N4S. The minimum absolute atomic E-state index is 0.667. The van der Waals surface area contributed by atoms with E-state index in [1.807, 2.05) is 12.3 Å². The van der Waals surface area contributed by atoms with Crippen molar-refractivity contribution < 1.29 is 0 Å². The summed E-state index contributed by atoms with van der Waals surface area (Å²) in [6, 6.07) is 1.98. The Labute approximate surface area is 80.0 Å². The van der Waals surface area contributed by atoms with Crippen molar-refractivity contribution in [1.82, 2.24) is 15.0 Å². The number of aromatic amines is 1. The number of aromatic nitrogens is 3. The van der Waals surface area contributed by atoms with Crippen molar-refractivity contribution in [2.75, 3.05) is 12.3 Å². The number of H-pyrrole nitrogens is 1. The normalized spacial score (nSPS) is 10.8. The number of thioether (sulfide) groups is 1. The first-order valence-electron chi connectivity index (χ1n) is 4.03. The summed E-state index contributed by atoms with van der Waals surface area (Å²) in [5.41, 5.74) is 6.31. The first-order chi connectivity index (χ1) is 6.42. The fourth-order valence-corrected chi connectivity index (χ4v) is 1.87. The molecule has 0 bridgehead atoms. The summed E-state index contributed by atoms with van der Waals surface area (Å²) in [5.74, 6) is 0.886. The van der Waals surface area contributed by atoms with Crippen molar-refractivity contribution in [3.05, 3.63) is 18.6 Å². The molecule has 0 atom stereocenters. The second-order valence-corrected chi connectivity index (χ2v) is 3.64. The molecule has 0 aliphatic rings. The molecular weight excluding hydrogens is 184 g/mol. The summed E-state index contributed by atoms with van der Waals surface area (Å²) in [5, 5.41) is 2.07. The van der Waals surface area contributed by atoms with Gasteiger partial charge in [0.1, 0.15) is 17.0 Å². The molecule has 4 nitrogen and oxygen atoms in total. The summed E-state index contributed by atoms with van der Waals surface area (Å²) < 4.78 is 0. The molecule has 0 aliphatic carbocycles. The number of nitrogens with two attached hydrogens (primary N) is 1. The highest BCUT2D eigenvalue weighted by Crippen LogP contribution is 2.22. The predicted molar refractivity (Wildman–Crippen MR) is 53.7 cm³/mol. The highest BCUT2D eigenvalue weighted by Gasteiger charge is 2.03. The molecule has 0 fully saturated rings. The molecule has 2 heterocycles. The van der Waals surface area contributed by atoms with E-state index in [4.69, 9.17) is 5.73 Å². The third kappa shape index (κ3) is 1.66. The first-order valence-corrected chi connectivity index (χ1v) is 5.01. The highest BCUT2D eigenvalue weighted by atomic mass is 32.2. The van der Waals surface area contributed by atoms with E-state index in [-0.39, 0.29) is 0 Å². The molecule has 0 aliphatic heterocycles. The van der Waals surface area contributed by atoms with E-state index in [1.165, 1.54) is 0 Å². The molecule has 5 heteroatoms. The largest absolute Gasteiger partial charge is 0.346 e. The van der Waals surface area contributed by atoms with Gasteiger partial charge >= 0.3 is 0 Å². The van der Waals surface area contributed by atoms with Crippen molar-refractivity contribution in [3.63, 3.8) is 0 Å². The second kappa shape index (κ2) is 3.76. The predicted octanol–water partition coefficient (Wildman–Crippen LogP) is 1.01. The standard InChI is InChI=1S/C8H10N4S/c9-2-4-13-8-6-1-3-10-7(6)11-5-12-8/h1,3,5H,2,4,9H2,(H,10,11,12). The van der Waals surface area contributed by atoms with Gasteiger partial charge < -0.3 is 10.7 Å². The van der Waals surface area contributed by atoms with Gasteiger partial charge in [-0.05, 0) is 6.07 Å². The molecule has 2 aromatic heterocycles. The van der Waals surface area contributed by atoms with Crippen LogP contribution in [0.25, 0.3) is 11.0 Å². The Morgan fingerprint density at radius 2 is 2.38 bits per heavy atom. The Morgan fingerprint density at radius 3 is 3.23 bits per heavy atom. The van der Waals surface area contributed by atoms with Crippen LogP contribution in [0.3, 0.4) is 0 Å². The van der Waals surface area contributed by atoms with Crippen LogP contribution in [0, 0.1) is 0 Å². The maximum absolute atomic E-state index is 5.42. The van der Waals surface area contributed by atoms with Crippen LogP contribution in [0.2, 0.25) is 0 Å². The van der Waals surface area contributed by atoms with Gasteiger partial charge in [-0.2, -0.15) is 0 Å². The Morgan fingerprint density at radius 1 is 1.46 bits per heavy atom. The lowest BCUT2D eigenvalue weighted by molar-refractivity contribution is 1.08. The van der Waals surface area contributed by atoms with Crippen LogP contribution in [0.4, 0.5) is 0 Å². The molecule has 0 amide bonds. The molecule has 2 aromatic rings. The summed E-state index contributed by atoms with van der Waals surface area (Å²) in [4.78, 5) is 11.3. The van der Waals surface area contributed by atoms with E-state index in [9.17, 15) is 0 Å². The average molecular weight is 194 g/mol. The quantitative estimate of drug-likeness (QED) is 0.565. The van der Waals surface area contributed by atoms with E-state index in [0.29, 0.717) is 6.54 Å². The van der Waals surface area contributed by atoms with Gasteiger partial charge in [0.15, 0.2) is 0 Å². The van der Waals surface area contributed by atoms with Crippen LogP contribution in [0.15, 0.2) is 23.6 Å². The van der Waals surface area contributed by atoms with E-state index in [2.05, 4.69) is 15.0 Å². The molecule has 3 N–H and O–H groups in total. The van der Waals surface area contributed by atoms with Crippen LogP contribution >= 0.6 is 11.8 Å². The Bertz CT molecular complexity index is 398. The smallest absolute Gasteiger partial charge is 0.141 e. The molecule has 0 spiro atoms. The van der Waals surface area contributed by atoms with Crippen molar-refractivity contribution >= 4 is 22.8 Å². The van der Waals surface area contributed by atoms with E-state index >= 15 is 0 Å². The molecule has 0 saturated heterocycles. The van der Waals surface area contributed by atoms with Gasteiger partial charge in [-0.15, -0.1) is 11.8 Å². The Balaban J connectivity index is 2.37. The molecule has 0 saturated carbocycles. The number of fused-ring (bicyclic) bond motifs is 1. The lowest BCUT2D eigenvalue weighted by Gasteiger charge is -1.98. The number of nitrogens with one attached hydrogen (secondary N) is 1. The zero-order valence-corrected chi connectivity index (χ0v) is 7.84. The first kappa shape index (κ1) is 8.52. The maximum atomic E-state index is 5.42. The number of nitrogens with zero attached hydrogens (tertiary/aromatic N) is 2. The number of hydrogen-bond acceptors (Lipinski definition) is 4. The van der Waals surface area contributed by atoms with E-state index in [1.54, 1.807) is 18.1 Å². The number of rotatable bonds is 3. The summed E-state index contributed by atoms with van der Waals surface area (Å²) in [6.45, 7) is 0.667. The van der Waals surface area contributed by atoms with E-state index < -0.39 is 0 Å². The average Bonchev–Trinajstić information content (AvgIpc) is 2.62. The lowest BCUT2D eigenvalue weighted by atomic mass is 10.4. The molecule has 68 valence electrons. The van der Waals surface area contributed by atoms with Gasteiger partial charge in [0, 0.05) is 18.5 Å². The molecule has 0 radical (unpaired) electrons. The third-order valence-corrected chi connectivity index (χ3v) is 2.71. The summed E-state index contributed by atoms with van der Waals surface area (Å²) in [6.07, 6.45) is 3.43. The van der Waals surface area contributed by atoms with Gasteiger partial charge in [0.05, 0.1) is 5.39 Å². The molecule has 2 rings (SSSR count). The Hall–Kier alpha value is -1.07. The lowest BCUT2D eigenvalue weighted by Crippen LogP contribution is -2.01. The van der Waals surface area contributed by atoms with Crippen LogP contribution in [-0.2, 0) is 0 Å². The van der Waals surface area contributed by atoms with Crippen LogP contribution in [0.5, 0.6) is 0 Å². The van der Waals surface area contributed by atoms with Crippen molar-refractivity contribution in [3.8, 4) is 0 Å². The molecule has 13 heavy (non-hydrogen) atoms.